The van der Waals surface area contributed by atoms with Gasteiger partial charge in [-0.1, -0.05) is 60.8 Å². The average Bonchev–Trinajstić information content (AvgIpc) is 2.65. The summed E-state index contributed by atoms with van der Waals surface area (Å²) in [5.74, 6) is 7.43. The van der Waals surface area contributed by atoms with Crippen molar-refractivity contribution in [3.05, 3.63) is 0 Å². The molecule has 0 saturated heterocycles. The molecule has 9 unspecified atom stereocenters. The molecular formula is C26H47NO. The van der Waals surface area contributed by atoms with Gasteiger partial charge in [0.25, 0.3) is 0 Å². The average molecular weight is 390 g/mol. The van der Waals surface area contributed by atoms with Crippen LogP contribution in [-0.4, -0.2) is 12.3 Å². The van der Waals surface area contributed by atoms with E-state index < -0.39 is 0 Å². The Balaban J connectivity index is 1.84. The maximum Gasteiger partial charge on any atom is 0.132 e. The Labute approximate surface area is 174 Å². The number of fused-ring (bicyclic) bond motifs is 6. The first-order valence-electron chi connectivity index (χ1n) is 12.4. The van der Waals surface area contributed by atoms with Crippen molar-refractivity contribution in [2.75, 3.05) is 6.54 Å². The number of rotatable bonds is 5. The summed E-state index contributed by atoms with van der Waals surface area (Å²) < 4.78 is 0. The molecule has 4 rings (SSSR count). The largest absolute Gasteiger partial charge is 0.330 e. The Bertz CT molecular complexity index is 547. The van der Waals surface area contributed by atoms with Gasteiger partial charge in [-0.3, -0.25) is 4.79 Å². The van der Waals surface area contributed by atoms with Gasteiger partial charge in [-0.2, -0.15) is 0 Å². The minimum atomic E-state index is 0.187. The fraction of sp³-hybridized carbons (Fsp3) is 0.962. The lowest BCUT2D eigenvalue weighted by atomic mass is 9.40. The summed E-state index contributed by atoms with van der Waals surface area (Å²) in [6, 6.07) is 0. The highest BCUT2D eigenvalue weighted by molar-refractivity contribution is 5.78. The second kappa shape index (κ2) is 8.40. The van der Waals surface area contributed by atoms with Gasteiger partial charge < -0.3 is 5.73 Å². The van der Waals surface area contributed by atoms with Crippen LogP contribution in [0, 0.1) is 64.6 Å². The van der Waals surface area contributed by atoms with Crippen LogP contribution in [0.15, 0.2) is 0 Å². The Morgan fingerprint density at radius 1 is 1.00 bits per heavy atom. The van der Waals surface area contributed by atoms with E-state index in [1.807, 2.05) is 0 Å². The zero-order valence-electron chi connectivity index (χ0n) is 19.7. The molecule has 162 valence electrons. The molecule has 0 amide bonds. The zero-order valence-corrected chi connectivity index (χ0v) is 19.7. The first kappa shape index (κ1) is 22.3. The van der Waals surface area contributed by atoms with Crippen LogP contribution in [-0.2, 0) is 4.79 Å². The van der Waals surface area contributed by atoms with Crippen molar-refractivity contribution in [3.8, 4) is 0 Å². The Hall–Kier alpha value is -0.370. The summed E-state index contributed by atoms with van der Waals surface area (Å²) in [7, 11) is 0. The second-order valence-corrected chi connectivity index (χ2v) is 11.3. The van der Waals surface area contributed by atoms with Crippen molar-refractivity contribution in [3.63, 3.8) is 0 Å². The fourth-order valence-corrected chi connectivity index (χ4v) is 8.48. The van der Waals surface area contributed by atoms with Gasteiger partial charge in [-0.05, 0) is 91.4 Å². The molecule has 0 heterocycles. The van der Waals surface area contributed by atoms with Gasteiger partial charge in [0.05, 0.1) is 0 Å². The van der Waals surface area contributed by atoms with Gasteiger partial charge in [-0.15, -0.1) is 0 Å². The predicted molar refractivity (Wildman–Crippen MR) is 119 cm³/mol. The highest BCUT2D eigenvalue weighted by atomic mass is 16.1. The summed E-state index contributed by atoms with van der Waals surface area (Å²) in [5, 5.41) is 0. The standard InChI is InChI=1S/C26H47NO/c1-8-20-16(3)26(7)17(4)21(18(26)5)11-9-10-12-22(20)24-13-23(25(24)14-27)15(2)19(6)28/h15-18,20-25H,8-14,27H2,1-7H3. The minimum Gasteiger partial charge on any atom is -0.330 e. The molecule has 4 fully saturated rings. The molecule has 0 aromatic rings. The molecule has 2 nitrogen and oxygen atoms in total. The second-order valence-electron chi connectivity index (χ2n) is 11.3. The third-order valence-corrected chi connectivity index (χ3v) is 11.0. The van der Waals surface area contributed by atoms with E-state index in [1.54, 1.807) is 6.92 Å². The molecule has 0 aliphatic heterocycles. The van der Waals surface area contributed by atoms with Crippen LogP contribution in [0.4, 0.5) is 0 Å². The SMILES string of the molecule is CCC1C(C2CC(C(C)C(C)=O)C2CN)CCCCC2C(C)C(C)(C1C)C2C. The maximum atomic E-state index is 12.0. The summed E-state index contributed by atoms with van der Waals surface area (Å²) in [6.45, 7) is 17.4. The van der Waals surface area contributed by atoms with E-state index in [4.69, 9.17) is 5.73 Å². The van der Waals surface area contributed by atoms with Crippen LogP contribution >= 0.6 is 0 Å². The lowest BCUT2D eigenvalue weighted by Crippen LogP contribution is -2.59. The summed E-state index contributed by atoms with van der Waals surface area (Å²) in [6.07, 6.45) is 8.15. The topological polar surface area (TPSA) is 43.1 Å². The van der Waals surface area contributed by atoms with Crippen LogP contribution in [0.2, 0.25) is 0 Å². The van der Waals surface area contributed by atoms with E-state index in [2.05, 4.69) is 41.5 Å². The number of hydrogen-bond donors (Lipinski definition) is 1. The van der Waals surface area contributed by atoms with Gasteiger partial charge in [0.15, 0.2) is 0 Å². The monoisotopic (exact) mass is 389 g/mol. The third kappa shape index (κ3) is 3.30. The van der Waals surface area contributed by atoms with E-state index in [0.29, 0.717) is 23.0 Å². The molecular weight excluding hydrogens is 342 g/mol. The van der Waals surface area contributed by atoms with E-state index in [-0.39, 0.29) is 5.92 Å². The van der Waals surface area contributed by atoms with Crippen molar-refractivity contribution in [1.82, 2.24) is 0 Å². The van der Waals surface area contributed by atoms with Gasteiger partial charge in [0.1, 0.15) is 5.78 Å². The molecule has 4 aliphatic rings. The summed E-state index contributed by atoms with van der Waals surface area (Å²) in [4.78, 5) is 12.0. The highest BCUT2D eigenvalue weighted by Crippen LogP contribution is 2.65. The molecule has 4 saturated carbocycles. The molecule has 28 heavy (non-hydrogen) atoms. The van der Waals surface area contributed by atoms with E-state index in [0.717, 1.165) is 48.0 Å². The third-order valence-electron chi connectivity index (χ3n) is 11.0. The normalized spacial score (nSPS) is 50.2. The number of hydrogen-bond acceptors (Lipinski definition) is 2. The molecule has 9 atom stereocenters. The van der Waals surface area contributed by atoms with Gasteiger partial charge in [0, 0.05) is 5.92 Å². The Morgan fingerprint density at radius 3 is 2.07 bits per heavy atom. The van der Waals surface area contributed by atoms with Crippen molar-refractivity contribution in [1.29, 1.82) is 0 Å². The Kier molecular flexibility index (Phi) is 6.70. The molecule has 0 aromatic carbocycles. The van der Waals surface area contributed by atoms with Crippen molar-refractivity contribution in [2.24, 2.45) is 70.3 Å². The maximum absolute atomic E-state index is 12.0. The van der Waals surface area contributed by atoms with Gasteiger partial charge in [0.2, 0.25) is 0 Å². The van der Waals surface area contributed by atoms with Crippen LogP contribution in [0.3, 0.4) is 0 Å². The van der Waals surface area contributed by atoms with E-state index in [9.17, 15) is 4.79 Å². The summed E-state index contributed by atoms with van der Waals surface area (Å²) >= 11 is 0. The molecule has 2 bridgehead atoms. The fourth-order valence-electron chi connectivity index (χ4n) is 8.48. The van der Waals surface area contributed by atoms with Crippen molar-refractivity contribution >= 4 is 5.78 Å². The molecule has 0 spiro atoms. The lowest BCUT2D eigenvalue weighted by molar-refractivity contribution is -0.165. The van der Waals surface area contributed by atoms with Crippen LogP contribution in [0.1, 0.15) is 87.0 Å². The predicted octanol–water partition coefficient (Wildman–Crippen LogP) is 6.18. The van der Waals surface area contributed by atoms with Crippen molar-refractivity contribution in [2.45, 2.75) is 87.0 Å². The first-order valence-corrected chi connectivity index (χ1v) is 12.4. The molecule has 2 heteroatoms. The van der Waals surface area contributed by atoms with Crippen LogP contribution in [0.25, 0.3) is 0 Å². The minimum absolute atomic E-state index is 0.187. The summed E-state index contributed by atoms with van der Waals surface area (Å²) in [5.41, 5.74) is 6.80. The zero-order chi connectivity index (χ0) is 20.8. The number of Topliss-reactive ketones (excluding diaryl/α,β-unsaturated/α-hetero) is 1. The highest BCUT2D eigenvalue weighted by Gasteiger charge is 2.59. The van der Waals surface area contributed by atoms with Crippen LogP contribution in [0.5, 0.6) is 0 Å². The number of ketones is 1. The van der Waals surface area contributed by atoms with Gasteiger partial charge in [-0.25, -0.2) is 0 Å². The first-order chi connectivity index (χ1) is 13.2. The quantitative estimate of drug-likeness (QED) is 0.610. The van der Waals surface area contributed by atoms with Crippen molar-refractivity contribution < 1.29 is 4.79 Å². The number of carbonyl (C=O) groups is 1. The molecule has 0 aromatic heterocycles. The van der Waals surface area contributed by atoms with Gasteiger partial charge >= 0.3 is 0 Å². The number of carbonyl (C=O) groups excluding carboxylic acids is 1. The smallest absolute Gasteiger partial charge is 0.132 e. The molecule has 2 N–H and O–H groups in total. The molecule has 4 aliphatic carbocycles. The van der Waals surface area contributed by atoms with E-state index >= 15 is 0 Å². The number of nitrogens with two attached hydrogens (primary N) is 1. The van der Waals surface area contributed by atoms with E-state index in [1.165, 1.54) is 38.5 Å². The Morgan fingerprint density at radius 2 is 1.57 bits per heavy atom. The molecule has 0 radical (unpaired) electrons. The lowest BCUT2D eigenvalue weighted by Gasteiger charge is -2.64. The van der Waals surface area contributed by atoms with Crippen LogP contribution < -0.4 is 5.73 Å².